The van der Waals surface area contributed by atoms with Crippen molar-refractivity contribution in [2.24, 2.45) is 28.8 Å². The number of esters is 1. The van der Waals surface area contributed by atoms with Crippen LogP contribution < -0.4 is 0 Å². The van der Waals surface area contributed by atoms with Crippen LogP contribution in [0.3, 0.4) is 0 Å². The van der Waals surface area contributed by atoms with Gasteiger partial charge in [0, 0.05) is 35.0 Å². The summed E-state index contributed by atoms with van der Waals surface area (Å²) >= 11 is 1.58. The lowest BCUT2D eigenvalue weighted by Gasteiger charge is -2.48. The quantitative estimate of drug-likeness (QED) is 0.260. The van der Waals surface area contributed by atoms with Crippen LogP contribution in [0.25, 0.3) is 10.6 Å². The molecule has 310 valence electrons. The van der Waals surface area contributed by atoms with Crippen LogP contribution in [-0.2, 0) is 49.5 Å². The average Bonchev–Trinajstić information content (AvgIpc) is 3.79. The third-order valence-corrected chi connectivity index (χ3v) is 13.2. The van der Waals surface area contributed by atoms with Crippen molar-refractivity contribution in [3.8, 4) is 10.6 Å². The summed E-state index contributed by atoms with van der Waals surface area (Å²) < 4.78 is 39.8. The van der Waals surface area contributed by atoms with Crippen molar-refractivity contribution in [1.29, 1.82) is 0 Å². The van der Waals surface area contributed by atoms with E-state index in [0.29, 0.717) is 25.0 Å². The number of carbonyl (C=O) groups is 2. The van der Waals surface area contributed by atoms with Gasteiger partial charge in [-0.05, 0) is 72.5 Å². The molecule has 13 nitrogen and oxygen atoms in total. The number of hydrogen-bond donors (Lipinski definition) is 1. The Hall–Kier alpha value is -2.82. The molecule has 4 bridgehead atoms. The van der Waals surface area contributed by atoms with E-state index in [2.05, 4.69) is 17.1 Å². The van der Waals surface area contributed by atoms with Crippen LogP contribution in [0.15, 0.2) is 41.0 Å². The SMILES string of the molecule is CC[C@H]1OC(=O)[C@H](C)[C@H]2OC/C(=N\OCc3ccc(-c4nccs4)cc3)CO[C@](C)(C[C@@H](C)C3OC1(C)C(=O)C3C)[C@H](O[C@@H]1O[C@H](C)C[C@H](N(C)C)[C@H]1O)[C@@H]2C. The monoisotopic (exact) mass is 799 g/mol. The summed E-state index contributed by atoms with van der Waals surface area (Å²) in [7, 11) is 3.86. The maximum atomic E-state index is 14.2. The average molecular weight is 800 g/mol. The van der Waals surface area contributed by atoms with Gasteiger partial charge in [0.15, 0.2) is 17.7 Å². The van der Waals surface area contributed by atoms with Crippen molar-refractivity contribution in [2.75, 3.05) is 27.3 Å². The molecule has 0 saturated carbocycles. The van der Waals surface area contributed by atoms with Crippen molar-refractivity contribution in [2.45, 2.75) is 141 Å². The second-order valence-corrected chi connectivity index (χ2v) is 17.9. The van der Waals surface area contributed by atoms with Gasteiger partial charge in [-0.15, -0.1) is 11.3 Å². The number of aliphatic hydroxyl groups excluding tert-OH is 1. The Morgan fingerprint density at radius 3 is 2.43 bits per heavy atom. The van der Waals surface area contributed by atoms with Crippen molar-refractivity contribution >= 4 is 28.8 Å². The number of likely N-dealkylation sites (N-methyl/N-ethyl adjacent to an activating group) is 1. The molecular weight excluding hydrogens is 739 g/mol. The first-order chi connectivity index (χ1) is 26.6. The van der Waals surface area contributed by atoms with E-state index in [4.69, 9.17) is 33.3 Å². The summed E-state index contributed by atoms with van der Waals surface area (Å²) in [5.74, 6) is -2.55. The van der Waals surface area contributed by atoms with Crippen molar-refractivity contribution < 1.29 is 48.0 Å². The van der Waals surface area contributed by atoms with Gasteiger partial charge in [0.05, 0.1) is 49.1 Å². The Morgan fingerprint density at radius 2 is 1.77 bits per heavy atom. The largest absolute Gasteiger partial charge is 0.459 e. The van der Waals surface area contributed by atoms with E-state index in [-0.39, 0.29) is 43.7 Å². The Kier molecular flexibility index (Phi) is 13.4. The Labute approximate surface area is 335 Å². The number of cyclic esters (lactones) is 1. The number of aliphatic hydroxyl groups is 1. The fraction of sp³-hybridized carbons (Fsp3) is 0.714. The van der Waals surface area contributed by atoms with Crippen molar-refractivity contribution in [3.63, 3.8) is 0 Å². The van der Waals surface area contributed by atoms with Gasteiger partial charge in [-0.3, -0.25) is 9.59 Å². The van der Waals surface area contributed by atoms with E-state index in [0.717, 1.165) is 16.1 Å². The van der Waals surface area contributed by atoms with Crippen LogP contribution in [0.4, 0.5) is 0 Å². The molecule has 1 aromatic heterocycles. The Bertz CT molecular complexity index is 1670. The summed E-state index contributed by atoms with van der Waals surface area (Å²) in [5, 5.41) is 19.1. The van der Waals surface area contributed by atoms with Crippen molar-refractivity contribution in [3.05, 3.63) is 41.4 Å². The number of aromatic nitrogens is 1. The van der Waals surface area contributed by atoms with Gasteiger partial charge in [-0.1, -0.05) is 57.1 Å². The Balaban J connectivity index is 1.36. The fourth-order valence-corrected chi connectivity index (χ4v) is 9.90. The van der Waals surface area contributed by atoms with Crippen LogP contribution in [0.5, 0.6) is 0 Å². The molecule has 0 radical (unpaired) electrons. The number of nitrogens with zero attached hydrogens (tertiary/aromatic N) is 3. The molecule has 14 atom stereocenters. The number of hydrogen-bond acceptors (Lipinski definition) is 14. The molecule has 56 heavy (non-hydrogen) atoms. The van der Waals surface area contributed by atoms with Crippen LogP contribution in [0.2, 0.25) is 0 Å². The summed E-state index contributed by atoms with van der Waals surface area (Å²) in [5.41, 5.74) is 0.0575. The molecule has 2 aromatic rings. The van der Waals surface area contributed by atoms with E-state index in [9.17, 15) is 14.7 Å². The Morgan fingerprint density at radius 1 is 1.04 bits per heavy atom. The summed E-state index contributed by atoms with van der Waals surface area (Å²) in [6.45, 7) is 15.6. The van der Waals surface area contributed by atoms with Crippen LogP contribution in [0.1, 0.15) is 80.2 Å². The molecule has 4 aliphatic rings. The number of carbonyl (C=O) groups excluding carboxylic acids is 2. The van der Waals surface area contributed by atoms with Gasteiger partial charge in [0.25, 0.3) is 0 Å². The third-order valence-electron chi connectivity index (χ3n) is 12.4. The highest BCUT2D eigenvalue weighted by atomic mass is 32.1. The van der Waals surface area contributed by atoms with Crippen LogP contribution >= 0.6 is 11.3 Å². The lowest BCUT2D eigenvalue weighted by molar-refractivity contribution is -0.302. The standard InChI is InChI=1S/C42H61N3O10S/c1-11-32-42(8)36(47)25(4)34(55-42)23(2)19-41(7)37(54-40-33(46)31(45(9)10)18-24(3)52-40)26(5)35(27(6)39(48)53-32)49-21-30(22-50-41)44-51-20-28-12-14-29(15-13-28)38-43-16-17-56-38/h12-17,23-27,31-35,37,40,46H,11,18-22H2,1-10H3/b44-30+/t23-,24-,25?,26-,27-,31+,32-,33-,34?,35+,37-,40+,41-,42?/m1/s1. The molecule has 4 aliphatic heterocycles. The normalized spacial score (nSPS) is 40.6. The first-order valence-corrected chi connectivity index (χ1v) is 20.9. The number of benzene rings is 1. The van der Waals surface area contributed by atoms with Gasteiger partial charge in [0.2, 0.25) is 0 Å². The molecule has 1 N–H and O–H groups in total. The molecule has 4 fully saturated rings. The number of ether oxygens (including phenoxy) is 6. The van der Waals surface area contributed by atoms with Crippen LogP contribution in [0, 0.1) is 23.7 Å². The minimum absolute atomic E-state index is 0.0203. The summed E-state index contributed by atoms with van der Waals surface area (Å²) in [6.07, 6.45) is -1.73. The second-order valence-electron chi connectivity index (χ2n) is 17.0. The lowest BCUT2D eigenvalue weighted by atomic mass is 9.75. The molecule has 3 unspecified atom stereocenters. The topological polar surface area (TPSA) is 147 Å². The maximum absolute atomic E-state index is 14.2. The van der Waals surface area contributed by atoms with E-state index >= 15 is 0 Å². The zero-order valence-corrected chi connectivity index (χ0v) is 35.3. The molecule has 0 aliphatic carbocycles. The smallest absolute Gasteiger partial charge is 0.311 e. The van der Waals surface area contributed by atoms with Gasteiger partial charge in [0.1, 0.15) is 29.5 Å². The molecule has 4 saturated heterocycles. The van der Waals surface area contributed by atoms with E-state index < -0.39 is 71.7 Å². The summed E-state index contributed by atoms with van der Waals surface area (Å²) in [6, 6.07) is 7.77. The number of fused-ring (bicyclic) bond motifs is 5. The first kappa shape index (κ1) is 42.8. The van der Waals surface area contributed by atoms with E-state index in [1.54, 1.807) is 31.4 Å². The molecule has 14 heteroatoms. The molecule has 5 heterocycles. The first-order valence-electron chi connectivity index (χ1n) is 20.1. The molecule has 1 aromatic carbocycles. The third kappa shape index (κ3) is 8.78. The van der Waals surface area contributed by atoms with Gasteiger partial charge in [-0.25, -0.2) is 4.98 Å². The molecule has 0 amide bonds. The highest BCUT2D eigenvalue weighted by Gasteiger charge is 2.58. The summed E-state index contributed by atoms with van der Waals surface area (Å²) in [4.78, 5) is 40.4. The number of Topliss-reactive ketones (excluding diaryl/α,β-unsaturated/α-hetero) is 1. The predicted molar refractivity (Wildman–Crippen MR) is 211 cm³/mol. The minimum Gasteiger partial charge on any atom is -0.459 e. The highest BCUT2D eigenvalue weighted by Crippen LogP contribution is 2.45. The van der Waals surface area contributed by atoms with Crippen molar-refractivity contribution in [1.82, 2.24) is 9.88 Å². The second kappa shape index (κ2) is 17.6. The lowest BCUT2D eigenvalue weighted by Crippen LogP contribution is -2.59. The number of oxime groups is 1. The highest BCUT2D eigenvalue weighted by molar-refractivity contribution is 7.13. The molecule has 6 rings (SSSR count). The zero-order valence-electron chi connectivity index (χ0n) is 34.5. The van der Waals surface area contributed by atoms with E-state index in [1.807, 2.05) is 83.3 Å². The predicted octanol–water partition coefficient (Wildman–Crippen LogP) is 5.66. The number of ketones is 1. The molecule has 0 spiro atoms. The van der Waals surface area contributed by atoms with Crippen LogP contribution in [-0.4, -0.2) is 120 Å². The van der Waals surface area contributed by atoms with E-state index in [1.165, 1.54) is 0 Å². The minimum atomic E-state index is -1.31. The molecular formula is C42H61N3O10S. The fourth-order valence-electron chi connectivity index (χ4n) is 9.26. The maximum Gasteiger partial charge on any atom is 0.311 e. The van der Waals surface area contributed by atoms with Gasteiger partial charge >= 0.3 is 5.97 Å². The number of rotatable bonds is 8. The zero-order chi connectivity index (χ0) is 40.5. The van der Waals surface area contributed by atoms with Gasteiger partial charge < -0.3 is 43.3 Å². The number of thiazole rings is 1. The van der Waals surface area contributed by atoms with Gasteiger partial charge in [-0.2, -0.15) is 0 Å².